The summed E-state index contributed by atoms with van der Waals surface area (Å²) in [5, 5.41) is 5.78. The molecule has 0 spiro atoms. The summed E-state index contributed by atoms with van der Waals surface area (Å²) in [6.07, 6.45) is 1.15. The van der Waals surface area contributed by atoms with E-state index in [0.717, 1.165) is 17.7 Å². The van der Waals surface area contributed by atoms with E-state index in [-0.39, 0.29) is 11.8 Å². The van der Waals surface area contributed by atoms with Crippen molar-refractivity contribution in [2.45, 2.75) is 39.2 Å². The lowest BCUT2D eigenvalue weighted by molar-refractivity contribution is -0.115. The zero-order valence-corrected chi connectivity index (χ0v) is 12.8. The normalized spacial score (nSPS) is 16.3. The lowest BCUT2D eigenvalue weighted by atomic mass is 9.90. The predicted molar refractivity (Wildman–Crippen MR) is 83.2 cm³/mol. The minimum atomic E-state index is -0.418. The van der Waals surface area contributed by atoms with E-state index in [4.69, 9.17) is 5.73 Å². The second-order valence-corrected chi connectivity index (χ2v) is 6.41. The molecule has 1 aliphatic rings. The van der Waals surface area contributed by atoms with Crippen molar-refractivity contribution in [3.63, 3.8) is 0 Å². The molecule has 0 saturated carbocycles. The van der Waals surface area contributed by atoms with E-state index in [1.807, 2.05) is 6.92 Å². The number of nitrogens with one attached hydrogen (secondary N) is 2. The van der Waals surface area contributed by atoms with E-state index in [1.54, 1.807) is 18.2 Å². The minimum absolute atomic E-state index is 0.0332. The van der Waals surface area contributed by atoms with E-state index in [0.29, 0.717) is 24.4 Å². The third-order valence-electron chi connectivity index (χ3n) is 3.72. The minimum Gasteiger partial charge on any atom is -0.346 e. The Morgan fingerprint density at radius 3 is 2.81 bits per heavy atom. The van der Waals surface area contributed by atoms with Crippen molar-refractivity contribution in [1.82, 2.24) is 5.32 Å². The third kappa shape index (κ3) is 3.61. The average Bonchev–Trinajstić information content (AvgIpc) is 2.76. The maximum absolute atomic E-state index is 12.4. The second kappa shape index (κ2) is 5.85. The number of anilines is 1. The van der Waals surface area contributed by atoms with Crippen LogP contribution in [0.4, 0.5) is 5.69 Å². The number of nitrogens with two attached hydrogens (primary N) is 1. The second-order valence-electron chi connectivity index (χ2n) is 6.41. The topological polar surface area (TPSA) is 84.2 Å². The molecule has 0 bridgehead atoms. The Morgan fingerprint density at radius 2 is 2.19 bits per heavy atom. The molecule has 0 fully saturated rings. The molecule has 1 unspecified atom stereocenters. The molecule has 5 heteroatoms. The molecule has 2 amide bonds. The van der Waals surface area contributed by atoms with E-state index < -0.39 is 5.54 Å². The third-order valence-corrected chi connectivity index (χ3v) is 3.72. The van der Waals surface area contributed by atoms with Crippen molar-refractivity contribution in [3.8, 4) is 0 Å². The van der Waals surface area contributed by atoms with E-state index in [2.05, 4.69) is 24.5 Å². The highest BCUT2D eigenvalue weighted by atomic mass is 16.2. The summed E-state index contributed by atoms with van der Waals surface area (Å²) in [4.78, 5) is 23.8. The molecule has 21 heavy (non-hydrogen) atoms. The van der Waals surface area contributed by atoms with Gasteiger partial charge >= 0.3 is 0 Å². The van der Waals surface area contributed by atoms with E-state index in [9.17, 15) is 9.59 Å². The van der Waals surface area contributed by atoms with Gasteiger partial charge < -0.3 is 16.4 Å². The molecule has 1 aromatic carbocycles. The highest BCUT2D eigenvalue weighted by molar-refractivity contribution is 6.01. The van der Waals surface area contributed by atoms with Gasteiger partial charge in [-0.1, -0.05) is 13.8 Å². The van der Waals surface area contributed by atoms with Crippen molar-refractivity contribution in [3.05, 3.63) is 29.3 Å². The Labute approximate surface area is 125 Å². The Hall–Kier alpha value is -1.88. The molecule has 4 N–H and O–H groups in total. The number of carbonyl (C=O) groups excluding carboxylic acids is 2. The monoisotopic (exact) mass is 289 g/mol. The maximum atomic E-state index is 12.4. The van der Waals surface area contributed by atoms with Gasteiger partial charge in [-0.2, -0.15) is 0 Å². The Kier molecular flexibility index (Phi) is 4.32. The van der Waals surface area contributed by atoms with Crippen LogP contribution in [0, 0.1) is 5.92 Å². The fourth-order valence-electron chi connectivity index (χ4n) is 2.80. The van der Waals surface area contributed by atoms with E-state index >= 15 is 0 Å². The van der Waals surface area contributed by atoms with Gasteiger partial charge in [0.2, 0.25) is 5.91 Å². The molecule has 0 aromatic heterocycles. The van der Waals surface area contributed by atoms with Gasteiger partial charge in [0.15, 0.2) is 0 Å². The first-order valence-corrected chi connectivity index (χ1v) is 7.28. The standard InChI is InChI=1S/C16H23N3O2/c1-10(2)8-16(3,9-17)19-15(21)11-4-5-13-12(6-11)7-14(20)18-13/h4-6,10H,7-9,17H2,1-3H3,(H,18,20)(H,19,21). The summed E-state index contributed by atoms with van der Waals surface area (Å²) in [5.74, 6) is 0.264. The number of hydrogen-bond acceptors (Lipinski definition) is 3. The number of hydrogen-bond donors (Lipinski definition) is 3. The molecule has 1 aliphatic heterocycles. The number of benzene rings is 1. The Morgan fingerprint density at radius 1 is 1.48 bits per heavy atom. The Balaban J connectivity index is 2.14. The van der Waals surface area contributed by atoms with Crippen molar-refractivity contribution in [2.24, 2.45) is 11.7 Å². The highest BCUT2D eigenvalue weighted by Crippen LogP contribution is 2.24. The average molecular weight is 289 g/mol. The lowest BCUT2D eigenvalue weighted by Gasteiger charge is -2.31. The van der Waals surface area contributed by atoms with Crippen LogP contribution in [0.25, 0.3) is 0 Å². The van der Waals surface area contributed by atoms with Crippen LogP contribution in [0.2, 0.25) is 0 Å². The number of carbonyl (C=O) groups is 2. The molecule has 1 atom stereocenters. The van der Waals surface area contributed by atoms with Crippen LogP contribution in [0.3, 0.4) is 0 Å². The SMILES string of the molecule is CC(C)CC(C)(CN)NC(=O)c1ccc2c(c1)CC(=O)N2. The van der Waals surface area contributed by atoms with Gasteiger partial charge in [0.05, 0.1) is 6.42 Å². The van der Waals surface area contributed by atoms with Crippen LogP contribution >= 0.6 is 0 Å². The van der Waals surface area contributed by atoms with E-state index in [1.165, 1.54) is 0 Å². The van der Waals surface area contributed by atoms with Crippen molar-refractivity contribution < 1.29 is 9.59 Å². The van der Waals surface area contributed by atoms with Crippen molar-refractivity contribution in [1.29, 1.82) is 0 Å². The van der Waals surface area contributed by atoms with Gasteiger partial charge in [-0.05, 0) is 43.0 Å². The van der Waals surface area contributed by atoms with Crippen molar-refractivity contribution in [2.75, 3.05) is 11.9 Å². The largest absolute Gasteiger partial charge is 0.346 e. The maximum Gasteiger partial charge on any atom is 0.251 e. The van der Waals surface area contributed by atoms with Gasteiger partial charge in [0.25, 0.3) is 5.91 Å². The summed E-state index contributed by atoms with van der Waals surface area (Å²) >= 11 is 0. The predicted octanol–water partition coefficient (Wildman–Crippen LogP) is 1.67. The van der Waals surface area contributed by atoms with Crippen LogP contribution in [-0.4, -0.2) is 23.9 Å². The molecule has 0 radical (unpaired) electrons. The summed E-state index contributed by atoms with van der Waals surface area (Å²) < 4.78 is 0. The molecule has 0 aliphatic carbocycles. The summed E-state index contributed by atoms with van der Waals surface area (Å²) in [6.45, 7) is 6.56. The molecule has 114 valence electrons. The van der Waals surface area contributed by atoms with Crippen LogP contribution in [0.5, 0.6) is 0 Å². The van der Waals surface area contributed by atoms with Gasteiger partial charge in [0.1, 0.15) is 0 Å². The smallest absolute Gasteiger partial charge is 0.251 e. The molecule has 5 nitrogen and oxygen atoms in total. The van der Waals surface area contributed by atoms with Crippen LogP contribution in [0.15, 0.2) is 18.2 Å². The van der Waals surface area contributed by atoms with Crippen LogP contribution < -0.4 is 16.4 Å². The zero-order valence-electron chi connectivity index (χ0n) is 12.8. The molecular weight excluding hydrogens is 266 g/mol. The molecule has 2 rings (SSSR count). The molecule has 1 aromatic rings. The summed E-state index contributed by atoms with van der Waals surface area (Å²) in [7, 11) is 0. The summed E-state index contributed by atoms with van der Waals surface area (Å²) in [5.41, 5.74) is 7.62. The van der Waals surface area contributed by atoms with Crippen LogP contribution in [0.1, 0.15) is 43.1 Å². The zero-order chi connectivity index (χ0) is 15.6. The fraction of sp³-hybridized carbons (Fsp3) is 0.500. The van der Waals surface area contributed by atoms with Gasteiger partial charge in [0, 0.05) is 23.3 Å². The first-order valence-electron chi connectivity index (χ1n) is 7.28. The first-order chi connectivity index (χ1) is 9.83. The van der Waals surface area contributed by atoms with Gasteiger partial charge in [-0.25, -0.2) is 0 Å². The number of amides is 2. The quantitative estimate of drug-likeness (QED) is 0.771. The fourth-order valence-corrected chi connectivity index (χ4v) is 2.80. The highest BCUT2D eigenvalue weighted by Gasteiger charge is 2.27. The summed E-state index contributed by atoms with van der Waals surface area (Å²) in [6, 6.07) is 5.28. The number of rotatable bonds is 5. The van der Waals surface area contributed by atoms with Crippen molar-refractivity contribution >= 4 is 17.5 Å². The van der Waals surface area contributed by atoms with Gasteiger partial charge in [-0.15, -0.1) is 0 Å². The lowest BCUT2D eigenvalue weighted by Crippen LogP contribution is -2.52. The molecule has 1 heterocycles. The van der Waals surface area contributed by atoms with Crippen LogP contribution in [-0.2, 0) is 11.2 Å². The van der Waals surface area contributed by atoms with Gasteiger partial charge in [-0.3, -0.25) is 9.59 Å². The molecular formula is C16H23N3O2. The first kappa shape index (κ1) is 15.5. The Bertz CT molecular complexity index is 569. The molecule has 0 saturated heterocycles. The number of fused-ring (bicyclic) bond motifs is 1.